The lowest BCUT2D eigenvalue weighted by molar-refractivity contribution is -0.384. The number of aromatic nitrogens is 1. The zero-order valence-electron chi connectivity index (χ0n) is 17.8. The summed E-state index contributed by atoms with van der Waals surface area (Å²) in [6, 6.07) is 23.9. The predicted octanol–water partition coefficient (Wildman–Crippen LogP) is 6.59. The fourth-order valence-corrected chi connectivity index (χ4v) is 5.36. The second-order valence-electron chi connectivity index (χ2n) is 8.13. The van der Waals surface area contributed by atoms with Crippen molar-refractivity contribution < 1.29 is 4.92 Å². The highest BCUT2D eigenvalue weighted by Gasteiger charge is 2.25. The van der Waals surface area contributed by atoms with Crippen LogP contribution in [0.2, 0.25) is 0 Å². The molecule has 5 rings (SSSR count). The maximum absolute atomic E-state index is 11.1. The van der Waals surface area contributed by atoms with Crippen LogP contribution in [-0.4, -0.2) is 9.49 Å². The van der Waals surface area contributed by atoms with E-state index in [0.29, 0.717) is 0 Å². The monoisotopic (exact) mass is 441 g/mol. The molecule has 0 spiro atoms. The van der Waals surface area contributed by atoms with Crippen molar-refractivity contribution in [2.24, 2.45) is 4.99 Å². The smallest absolute Gasteiger partial charge is 0.269 e. The number of non-ortho nitro benzene ring substituents is 1. The number of hydrogen-bond donors (Lipinski definition) is 0. The van der Waals surface area contributed by atoms with E-state index in [9.17, 15) is 10.1 Å². The fourth-order valence-electron chi connectivity index (χ4n) is 4.39. The highest BCUT2D eigenvalue weighted by Crippen LogP contribution is 2.36. The minimum absolute atomic E-state index is 0.100. The number of benzene rings is 3. The first-order chi connectivity index (χ1) is 15.6. The number of aryl methyl sites for hydroxylation is 2. The molecule has 0 bridgehead atoms. The molecule has 1 aliphatic carbocycles. The Balaban J connectivity index is 1.69. The zero-order valence-corrected chi connectivity index (χ0v) is 18.6. The molecule has 0 radical (unpaired) electrons. The van der Waals surface area contributed by atoms with Gasteiger partial charge in [0.25, 0.3) is 5.69 Å². The molecule has 0 fully saturated rings. The maximum Gasteiger partial charge on any atom is 0.269 e. The summed E-state index contributed by atoms with van der Waals surface area (Å²) in [5, 5.41) is 13.2. The number of rotatable bonds is 4. The van der Waals surface area contributed by atoms with Gasteiger partial charge in [0, 0.05) is 17.5 Å². The molecule has 0 amide bonds. The van der Waals surface area contributed by atoms with Gasteiger partial charge in [-0.25, -0.2) is 4.99 Å². The Labute approximate surface area is 190 Å². The molecular formula is C26H23N3O2S. The van der Waals surface area contributed by atoms with Gasteiger partial charge in [0.2, 0.25) is 0 Å². The SMILES string of the molecule is Cc1ccc(N=c2scc(-c3ccc([N+](=O)[O-])cc3)n2C2CCCc3ccccc32)cc1. The molecule has 1 aromatic heterocycles. The van der Waals surface area contributed by atoms with E-state index in [2.05, 4.69) is 53.3 Å². The molecule has 5 nitrogen and oxygen atoms in total. The molecule has 0 N–H and O–H groups in total. The normalized spacial score (nSPS) is 16.0. The van der Waals surface area contributed by atoms with Gasteiger partial charge in [0.1, 0.15) is 0 Å². The van der Waals surface area contributed by atoms with Gasteiger partial charge in [-0.15, -0.1) is 11.3 Å². The second kappa shape index (κ2) is 8.55. The van der Waals surface area contributed by atoms with Crippen molar-refractivity contribution in [3.8, 4) is 11.3 Å². The lowest BCUT2D eigenvalue weighted by Crippen LogP contribution is -2.26. The molecule has 0 saturated carbocycles. The van der Waals surface area contributed by atoms with Crippen molar-refractivity contribution in [2.75, 3.05) is 0 Å². The van der Waals surface area contributed by atoms with Gasteiger partial charge in [-0.1, -0.05) is 42.0 Å². The molecule has 0 aliphatic heterocycles. The van der Waals surface area contributed by atoms with E-state index in [4.69, 9.17) is 4.99 Å². The fraction of sp³-hybridized carbons (Fsp3) is 0.192. The summed E-state index contributed by atoms with van der Waals surface area (Å²) < 4.78 is 2.32. The average molecular weight is 442 g/mol. The van der Waals surface area contributed by atoms with Gasteiger partial charge in [0.05, 0.1) is 22.3 Å². The standard InChI is InChI=1S/C26H23N3O2S/c1-18-9-13-21(14-10-18)27-26-28(24-8-4-6-19-5-2-3-7-23(19)24)25(17-32-26)20-11-15-22(16-12-20)29(30)31/h2-3,5,7,9-17,24H,4,6,8H2,1H3. The van der Waals surface area contributed by atoms with Crippen molar-refractivity contribution in [1.82, 2.24) is 4.57 Å². The van der Waals surface area contributed by atoms with Crippen LogP contribution in [0.25, 0.3) is 11.3 Å². The van der Waals surface area contributed by atoms with Crippen molar-refractivity contribution in [3.05, 3.63) is 110 Å². The molecule has 1 aliphatic rings. The quantitative estimate of drug-likeness (QED) is 0.265. The zero-order chi connectivity index (χ0) is 22.1. The third kappa shape index (κ3) is 3.89. The van der Waals surface area contributed by atoms with E-state index in [-0.39, 0.29) is 16.7 Å². The van der Waals surface area contributed by atoms with Gasteiger partial charge in [-0.05, 0) is 67.1 Å². The first kappa shape index (κ1) is 20.4. The number of fused-ring (bicyclic) bond motifs is 1. The molecule has 1 unspecified atom stereocenters. The Bertz CT molecular complexity index is 1330. The lowest BCUT2D eigenvalue weighted by Gasteiger charge is -2.28. The largest absolute Gasteiger partial charge is 0.309 e. The summed E-state index contributed by atoms with van der Waals surface area (Å²) in [4.78, 5) is 16.7. The van der Waals surface area contributed by atoms with E-state index in [1.807, 2.05) is 24.3 Å². The Morgan fingerprint density at radius 3 is 2.53 bits per heavy atom. The van der Waals surface area contributed by atoms with Crippen LogP contribution in [0.5, 0.6) is 0 Å². The number of nitro benzene ring substituents is 1. The van der Waals surface area contributed by atoms with Crippen molar-refractivity contribution >= 4 is 22.7 Å². The van der Waals surface area contributed by atoms with Crippen LogP contribution in [0.3, 0.4) is 0 Å². The molecule has 3 aromatic carbocycles. The van der Waals surface area contributed by atoms with Gasteiger partial charge in [-0.2, -0.15) is 0 Å². The van der Waals surface area contributed by atoms with Crippen LogP contribution in [0.1, 0.15) is 35.6 Å². The van der Waals surface area contributed by atoms with E-state index in [0.717, 1.165) is 41.0 Å². The van der Waals surface area contributed by atoms with E-state index < -0.39 is 0 Å². The number of nitrogens with zero attached hydrogens (tertiary/aromatic N) is 3. The number of hydrogen-bond acceptors (Lipinski definition) is 4. The molecule has 6 heteroatoms. The summed E-state index contributed by atoms with van der Waals surface area (Å²) in [6.45, 7) is 2.07. The summed E-state index contributed by atoms with van der Waals surface area (Å²) in [5.74, 6) is 0. The Kier molecular flexibility index (Phi) is 5.45. The van der Waals surface area contributed by atoms with Crippen LogP contribution < -0.4 is 4.80 Å². The van der Waals surface area contributed by atoms with Gasteiger partial charge < -0.3 is 4.57 Å². The summed E-state index contributed by atoms with van der Waals surface area (Å²) in [5.41, 5.74) is 6.95. The molecular weight excluding hydrogens is 418 g/mol. The number of nitro groups is 1. The summed E-state index contributed by atoms with van der Waals surface area (Å²) >= 11 is 1.61. The summed E-state index contributed by atoms with van der Waals surface area (Å²) in [6.07, 6.45) is 3.25. The van der Waals surface area contributed by atoms with E-state index in [1.54, 1.807) is 23.5 Å². The van der Waals surface area contributed by atoms with Crippen LogP contribution in [0.4, 0.5) is 11.4 Å². The van der Waals surface area contributed by atoms with Gasteiger partial charge in [0.15, 0.2) is 4.80 Å². The third-order valence-electron chi connectivity index (χ3n) is 6.02. The van der Waals surface area contributed by atoms with Crippen molar-refractivity contribution in [1.29, 1.82) is 0 Å². The Morgan fingerprint density at radius 1 is 1.03 bits per heavy atom. The minimum atomic E-state index is -0.360. The average Bonchev–Trinajstić information content (AvgIpc) is 3.23. The van der Waals surface area contributed by atoms with E-state index >= 15 is 0 Å². The topological polar surface area (TPSA) is 60.4 Å². The molecule has 4 aromatic rings. The first-order valence-electron chi connectivity index (χ1n) is 10.7. The third-order valence-corrected chi connectivity index (χ3v) is 6.86. The number of thiazole rings is 1. The predicted molar refractivity (Wildman–Crippen MR) is 128 cm³/mol. The first-order valence-corrected chi connectivity index (χ1v) is 11.6. The molecule has 160 valence electrons. The Morgan fingerprint density at radius 2 is 1.78 bits per heavy atom. The molecule has 32 heavy (non-hydrogen) atoms. The van der Waals surface area contributed by atoms with E-state index in [1.165, 1.54) is 16.7 Å². The van der Waals surface area contributed by atoms with Gasteiger partial charge >= 0.3 is 0 Å². The van der Waals surface area contributed by atoms with Crippen LogP contribution in [-0.2, 0) is 6.42 Å². The molecule has 0 saturated heterocycles. The van der Waals surface area contributed by atoms with Crippen LogP contribution >= 0.6 is 11.3 Å². The van der Waals surface area contributed by atoms with Crippen molar-refractivity contribution in [3.63, 3.8) is 0 Å². The molecule has 1 heterocycles. The minimum Gasteiger partial charge on any atom is -0.309 e. The maximum atomic E-state index is 11.1. The highest BCUT2D eigenvalue weighted by atomic mass is 32.1. The highest BCUT2D eigenvalue weighted by molar-refractivity contribution is 7.07. The van der Waals surface area contributed by atoms with Crippen LogP contribution in [0, 0.1) is 17.0 Å². The molecule has 1 atom stereocenters. The second-order valence-corrected chi connectivity index (χ2v) is 8.97. The van der Waals surface area contributed by atoms with Crippen molar-refractivity contribution in [2.45, 2.75) is 32.2 Å². The Hall–Kier alpha value is -3.51. The van der Waals surface area contributed by atoms with Gasteiger partial charge in [-0.3, -0.25) is 10.1 Å². The summed E-state index contributed by atoms with van der Waals surface area (Å²) in [7, 11) is 0. The lowest BCUT2D eigenvalue weighted by atomic mass is 9.87. The van der Waals surface area contributed by atoms with Crippen LogP contribution in [0.15, 0.2) is 83.2 Å².